The van der Waals surface area contributed by atoms with Gasteiger partial charge in [-0.25, -0.2) is 4.68 Å². The van der Waals surface area contributed by atoms with E-state index in [2.05, 4.69) is 47.5 Å². The van der Waals surface area contributed by atoms with Crippen molar-refractivity contribution in [3.8, 4) is 0 Å². The third kappa shape index (κ3) is 3.14. The highest BCUT2D eigenvalue weighted by atomic mass is 32.2. The molecule has 0 saturated heterocycles. The number of nitrogens with zero attached hydrogens (tertiary/aromatic N) is 2. The molecule has 0 spiro atoms. The molecule has 0 atom stereocenters. The summed E-state index contributed by atoms with van der Waals surface area (Å²) in [5.41, 5.74) is 2.27. The van der Waals surface area contributed by atoms with E-state index in [4.69, 9.17) is 0 Å². The maximum atomic E-state index is 4.14. The van der Waals surface area contributed by atoms with Crippen LogP contribution in [0.2, 0.25) is 0 Å². The number of benzene rings is 1. The summed E-state index contributed by atoms with van der Waals surface area (Å²) >= 11 is 1.74. The Labute approximate surface area is 106 Å². The fourth-order valence-corrected chi connectivity index (χ4v) is 1.97. The van der Waals surface area contributed by atoms with Crippen LogP contribution >= 0.6 is 11.8 Å². The average Bonchev–Trinajstić information content (AvgIpc) is 2.84. The number of rotatable bonds is 5. The number of thioether (sulfide) groups is 1. The quantitative estimate of drug-likeness (QED) is 0.820. The molecule has 1 aromatic carbocycles. The normalized spacial score (nSPS) is 10.2. The van der Waals surface area contributed by atoms with Gasteiger partial charge >= 0.3 is 0 Å². The third-order valence-electron chi connectivity index (χ3n) is 2.41. The minimum Gasteiger partial charge on any atom is -0.381 e. The van der Waals surface area contributed by atoms with Crippen LogP contribution in [0.4, 0.5) is 5.69 Å². The molecule has 0 unspecified atom stereocenters. The molecule has 0 radical (unpaired) electrons. The molecule has 1 N–H and O–H groups in total. The first-order valence-electron chi connectivity index (χ1n) is 5.35. The monoisotopic (exact) mass is 245 g/mol. The molecule has 17 heavy (non-hydrogen) atoms. The lowest BCUT2D eigenvalue weighted by atomic mass is 10.3. The third-order valence-corrected chi connectivity index (χ3v) is 3.13. The molecule has 2 rings (SSSR count). The standard InChI is InChI=1S/C13H15N3S/c1-3-16-10-11(9-15-16)8-14-12-5-4-6-13(7-12)17-2/h3-7,9-10,14H,1,8H2,2H3. The van der Waals surface area contributed by atoms with Crippen molar-refractivity contribution in [2.75, 3.05) is 11.6 Å². The van der Waals surface area contributed by atoms with E-state index in [1.54, 1.807) is 22.6 Å². The van der Waals surface area contributed by atoms with Gasteiger partial charge in [0.15, 0.2) is 0 Å². The van der Waals surface area contributed by atoms with Gasteiger partial charge in [0, 0.05) is 35.1 Å². The van der Waals surface area contributed by atoms with Gasteiger partial charge in [-0.05, 0) is 24.5 Å². The second-order valence-corrected chi connectivity index (χ2v) is 4.48. The van der Waals surface area contributed by atoms with Gasteiger partial charge < -0.3 is 5.32 Å². The molecule has 0 amide bonds. The molecule has 2 aromatic rings. The van der Waals surface area contributed by atoms with Gasteiger partial charge in [0.2, 0.25) is 0 Å². The Kier molecular flexibility index (Phi) is 3.88. The summed E-state index contributed by atoms with van der Waals surface area (Å²) in [4.78, 5) is 1.26. The van der Waals surface area contributed by atoms with E-state index in [1.807, 2.05) is 12.4 Å². The molecule has 0 fully saturated rings. The zero-order chi connectivity index (χ0) is 12.1. The second-order valence-electron chi connectivity index (χ2n) is 3.60. The highest BCUT2D eigenvalue weighted by molar-refractivity contribution is 7.98. The van der Waals surface area contributed by atoms with E-state index >= 15 is 0 Å². The van der Waals surface area contributed by atoms with Crippen LogP contribution in [0.1, 0.15) is 5.56 Å². The van der Waals surface area contributed by atoms with E-state index in [0.29, 0.717) is 0 Å². The first-order chi connectivity index (χ1) is 8.31. The van der Waals surface area contributed by atoms with E-state index in [9.17, 15) is 0 Å². The SMILES string of the molecule is C=Cn1cc(CNc2cccc(SC)c2)cn1. The second kappa shape index (κ2) is 5.59. The average molecular weight is 245 g/mol. The van der Waals surface area contributed by atoms with E-state index < -0.39 is 0 Å². The van der Waals surface area contributed by atoms with Crippen LogP contribution in [0.5, 0.6) is 0 Å². The Morgan fingerprint density at radius 2 is 2.41 bits per heavy atom. The molecule has 4 heteroatoms. The van der Waals surface area contributed by atoms with Crippen LogP contribution in [-0.2, 0) is 6.54 Å². The largest absolute Gasteiger partial charge is 0.381 e. The molecule has 0 saturated carbocycles. The Hall–Kier alpha value is -1.68. The minimum atomic E-state index is 0.770. The van der Waals surface area contributed by atoms with Crippen molar-refractivity contribution in [1.82, 2.24) is 9.78 Å². The summed E-state index contributed by atoms with van der Waals surface area (Å²) in [7, 11) is 0. The van der Waals surface area contributed by atoms with Crippen molar-refractivity contribution in [2.45, 2.75) is 11.4 Å². The predicted molar refractivity (Wildman–Crippen MR) is 74.2 cm³/mol. The molecule has 0 aliphatic carbocycles. The van der Waals surface area contributed by atoms with Crippen molar-refractivity contribution in [3.63, 3.8) is 0 Å². The molecule has 1 heterocycles. The molecule has 3 nitrogen and oxygen atoms in total. The Morgan fingerprint density at radius 3 is 3.12 bits per heavy atom. The van der Waals surface area contributed by atoms with Crippen LogP contribution in [0.15, 0.2) is 48.1 Å². The number of hydrogen-bond donors (Lipinski definition) is 1. The van der Waals surface area contributed by atoms with Crippen LogP contribution in [0.25, 0.3) is 6.20 Å². The number of aromatic nitrogens is 2. The molecule has 0 aliphatic heterocycles. The lowest BCUT2D eigenvalue weighted by Crippen LogP contribution is -1.98. The van der Waals surface area contributed by atoms with E-state index in [-0.39, 0.29) is 0 Å². The van der Waals surface area contributed by atoms with Gasteiger partial charge in [-0.15, -0.1) is 11.8 Å². The Bertz CT molecular complexity index is 505. The van der Waals surface area contributed by atoms with Crippen LogP contribution < -0.4 is 5.32 Å². The lowest BCUT2D eigenvalue weighted by Gasteiger charge is -2.05. The van der Waals surface area contributed by atoms with Crippen molar-refractivity contribution < 1.29 is 0 Å². The van der Waals surface area contributed by atoms with E-state index in [1.165, 1.54) is 4.90 Å². The first kappa shape index (κ1) is 11.8. The summed E-state index contributed by atoms with van der Waals surface area (Å²) in [5.74, 6) is 0. The molecule has 0 aliphatic rings. The topological polar surface area (TPSA) is 29.9 Å². The lowest BCUT2D eigenvalue weighted by molar-refractivity contribution is 0.936. The Morgan fingerprint density at radius 1 is 1.53 bits per heavy atom. The molecule has 1 aromatic heterocycles. The van der Waals surface area contributed by atoms with Gasteiger partial charge in [0.1, 0.15) is 0 Å². The fourth-order valence-electron chi connectivity index (χ4n) is 1.51. The van der Waals surface area contributed by atoms with Crippen LogP contribution in [0, 0.1) is 0 Å². The maximum Gasteiger partial charge on any atom is 0.0543 e. The molecular weight excluding hydrogens is 230 g/mol. The van der Waals surface area contributed by atoms with Gasteiger partial charge in [0.05, 0.1) is 6.20 Å². The summed E-state index contributed by atoms with van der Waals surface area (Å²) in [5, 5.41) is 7.51. The maximum absolute atomic E-state index is 4.14. The highest BCUT2D eigenvalue weighted by Crippen LogP contribution is 2.19. The zero-order valence-corrected chi connectivity index (χ0v) is 10.6. The van der Waals surface area contributed by atoms with Crippen molar-refractivity contribution in [3.05, 3.63) is 48.8 Å². The van der Waals surface area contributed by atoms with Gasteiger partial charge in [0.25, 0.3) is 0 Å². The van der Waals surface area contributed by atoms with Gasteiger partial charge in [-0.3, -0.25) is 0 Å². The Balaban J connectivity index is 1.99. The molecular formula is C13H15N3S. The van der Waals surface area contributed by atoms with Crippen molar-refractivity contribution in [2.24, 2.45) is 0 Å². The fraction of sp³-hybridized carbons (Fsp3) is 0.154. The van der Waals surface area contributed by atoms with Gasteiger partial charge in [-0.1, -0.05) is 12.6 Å². The summed E-state index contributed by atoms with van der Waals surface area (Å²) in [6.07, 6.45) is 7.55. The van der Waals surface area contributed by atoms with Crippen molar-refractivity contribution in [1.29, 1.82) is 0 Å². The van der Waals surface area contributed by atoms with Crippen LogP contribution in [-0.4, -0.2) is 16.0 Å². The number of hydrogen-bond acceptors (Lipinski definition) is 3. The highest BCUT2D eigenvalue weighted by Gasteiger charge is 1.98. The van der Waals surface area contributed by atoms with E-state index in [0.717, 1.165) is 17.8 Å². The number of nitrogens with one attached hydrogen (secondary N) is 1. The predicted octanol–water partition coefficient (Wildman–Crippen LogP) is 3.32. The summed E-state index contributed by atoms with van der Waals surface area (Å²) < 4.78 is 1.70. The van der Waals surface area contributed by atoms with Crippen LogP contribution in [0.3, 0.4) is 0 Å². The minimum absolute atomic E-state index is 0.770. The molecule has 88 valence electrons. The molecule has 0 bridgehead atoms. The number of anilines is 1. The van der Waals surface area contributed by atoms with Crippen molar-refractivity contribution >= 4 is 23.6 Å². The first-order valence-corrected chi connectivity index (χ1v) is 6.58. The zero-order valence-electron chi connectivity index (χ0n) is 9.76. The summed E-state index contributed by atoms with van der Waals surface area (Å²) in [6, 6.07) is 8.37. The van der Waals surface area contributed by atoms with Gasteiger partial charge in [-0.2, -0.15) is 5.10 Å². The summed E-state index contributed by atoms with van der Waals surface area (Å²) in [6.45, 7) is 4.43. The smallest absolute Gasteiger partial charge is 0.0543 e.